The van der Waals surface area contributed by atoms with Gasteiger partial charge in [0.15, 0.2) is 0 Å². The maximum absolute atomic E-state index is 6.86. The molecular weight excluding hydrogens is 593 g/mol. The molecule has 0 fully saturated rings. The van der Waals surface area contributed by atoms with E-state index >= 15 is 0 Å². The fraction of sp³-hybridized carbons (Fsp3) is 0. The average molecular weight is 617 g/mol. The zero-order chi connectivity index (χ0) is 30.6. The van der Waals surface area contributed by atoms with Crippen molar-refractivity contribution >= 4 is 96.9 Å². The topological polar surface area (TPSA) is 26.3 Å². The highest BCUT2D eigenvalue weighted by Crippen LogP contribution is 2.50. The number of furan rings is 2. The lowest BCUT2D eigenvalue weighted by Crippen LogP contribution is -1.91. The van der Waals surface area contributed by atoms with Gasteiger partial charge in [-0.2, -0.15) is 0 Å². The Kier molecular flexibility index (Phi) is 5.02. The van der Waals surface area contributed by atoms with Crippen molar-refractivity contribution in [1.29, 1.82) is 0 Å². The highest BCUT2D eigenvalue weighted by atomic mass is 32.1. The SMILES string of the molecule is c1ccc2c(c1)oc1cccc(-c3c4ccccc4c(-c4cccc5c4oc4ccc6sc7ccccc7c6c45)c4ccccc34)c12. The molecule has 2 nitrogen and oxygen atoms in total. The van der Waals surface area contributed by atoms with Gasteiger partial charge < -0.3 is 8.83 Å². The normalized spacial score (nSPS) is 12.3. The van der Waals surface area contributed by atoms with Gasteiger partial charge in [-0.1, -0.05) is 115 Å². The van der Waals surface area contributed by atoms with E-state index in [0.717, 1.165) is 44.1 Å². The molecule has 0 unspecified atom stereocenters. The summed E-state index contributed by atoms with van der Waals surface area (Å²) in [7, 11) is 0. The van der Waals surface area contributed by atoms with Gasteiger partial charge in [0.25, 0.3) is 0 Å². The monoisotopic (exact) mass is 616 g/mol. The Morgan fingerprint density at radius 1 is 0.319 bits per heavy atom. The van der Waals surface area contributed by atoms with E-state index in [1.54, 1.807) is 0 Å². The Balaban J connectivity index is 1.29. The van der Waals surface area contributed by atoms with Gasteiger partial charge in [0.05, 0.1) is 0 Å². The van der Waals surface area contributed by atoms with Crippen LogP contribution in [0.15, 0.2) is 154 Å². The number of rotatable bonds is 2. The summed E-state index contributed by atoms with van der Waals surface area (Å²) in [6.45, 7) is 0. The summed E-state index contributed by atoms with van der Waals surface area (Å²) < 4.78 is 15.8. The van der Waals surface area contributed by atoms with Crippen LogP contribution in [0.1, 0.15) is 0 Å². The van der Waals surface area contributed by atoms with Gasteiger partial charge in [0.1, 0.15) is 22.3 Å². The Morgan fingerprint density at radius 2 is 0.872 bits per heavy atom. The molecule has 0 radical (unpaired) electrons. The summed E-state index contributed by atoms with van der Waals surface area (Å²) in [6.07, 6.45) is 0. The highest BCUT2D eigenvalue weighted by Gasteiger charge is 2.23. The number of para-hydroxylation sites is 2. The van der Waals surface area contributed by atoms with Crippen molar-refractivity contribution in [2.45, 2.75) is 0 Å². The first-order valence-corrected chi connectivity index (χ1v) is 16.7. The van der Waals surface area contributed by atoms with Crippen LogP contribution in [0.2, 0.25) is 0 Å². The molecule has 0 saturated heterocycles. The molecule has 0 atom stereocenters. The molecule has 11 rings (SSSR count). The summed E-state index contributed by atoms with van der Waals surface area (Å²) in [5, 5.41) is 12.0. The lowest BCUT2D eigenvalue weighted by atomic mass is 9.84. The molecule has 0 N–H and O–H groups in total. The van der Waals surface area contributed by atoms with Crippen molar-refractivity contribution in [1.82, 2.24) is 0 Å². The van der Waals surface area contributed by atoms with Crippen LogP contribution in [0.3, 0.4) is 0 Å². The van der Waals surface area contributed by atoms with Crippen LogP contribution in [0, 0.1) is 0 Å². The van der Waals surface area contributed by atoms with Crippen LogP contribution in [0.25, 0.3) is 108 Å². The summed E-state index contributed by atoms with van der Waals surface area (Å²) in [5.41, 5.74) is 8.37. The molecule has 47 heavy (non-hydrogen) atoms. The smallest absolute Gasteiger partial charge is 0.143 e. The zero-order valence-electron chi connectivity index (χ0n) is 25.1. The molecule has 0 amide bonds. The average Bonchev–Trinajstić information content (AvgIpc) is 3.81. The van der Waals surface area contributed by atoms with E-state index in [1.807, 2.05) is 17.4 Å². The molecule has 8 aromatic carbocycles. The van der Waals surface area contributed by atoms with Crippen LogP contribution < -0.4 is 0 Å². The molecule has 0 saturated carbocycles. The molecule has 0 aliphatic rings. The second-order valence-electron chi connectivity index (χ2n) is 12.3. The predicted octanol–water partition coefficient (Wildman–Crippen LogP) is 13.5. The number of hydrogen-bond acceptors (Lipinski definition) is 3. The van der Waals surface area contributed by atoms with Crippen molar-refractivity contribution in [3.8, 4) is 22.3 Å². The molecule has 0 aliphatic carbocycles. The van der Waals surface area contributed by atoms with E-state index in [0.29, 0.717) is 0 Å². The summed E-state index contributed by atoms with van der Waals surface area (Å²) in [5.74, 6) is 0. The molecule has 0 bridgehead atoms. The van der Waals surface area contributed by atoms with E-state index in [1.165, 1.54) is 63.8 Å². The van der Waals surface area contributed by atoms with Gasteiger partial charge >= 0.3 is 0 Å². The maximum atomic E-state index is 6.86. The minimum atomic E-state index is 0.903. The van der Waals surface area contributed by atoms with Gasteiger partial charge in [0, 0.05) is 52.8 Å². The summed E-state index contributed by atoms with van der Waals surface area (Å²) in [4.78, 5) is 0. The van der Waals surface area contributed by atoms with Gasteiger partial charge in [-0.15, -0.1) is 11.3 Å². The molecule has 3 heterocycles. The summed E-state index contributed by atoms with van der Waals surface area (Å²) in [6, 6.07) is 52.1. The van der Waals surface area contributed by atoms with Crippen molar-refractivity contribution in [3.63, 3.8) is 0 Å². The van der Waals surface area contributed by atoms with Gasteiger partial charge in [0.2, 0.25) is 0 Å². The largest absolute Gasteiger partial charge is 0.456 e. The number of thiophene rings is 1. The predicted molar refractivity (Wildman–Crippen MR) is 200 cm³/mol. The molecular formula is C44H24O2S. The minimum absolute atomic E-state index is 0.903. The Morgan fingerprint density at radius 3 is 1.64 bits per heavy atom. The van der Waals surface area contributed by atoms with Gasteiger partial charge in [-0.05, 0) is 63.0 Å². The third-order valence-electron chi connectivity index (χ3n) is 9.87. The van der Waals surface area contributed by atoms with E-state index < -0.39 is 0 Å². The standard InChI is InChI=1S/C44H24O2S/c1-3-13-27-25(11-1)39(31-17-10-21-35-41(31)29-15-5-7-20-34(29)45-35)26-12-2-4-14-28(26)40(27)32-18-9-19-33-42-36(46-44(32)33)23-24-38-43(42)30-16-6-8-22-37(30)47-38/h1-24H. The molecule has 218 valence electrons. The first-order chi connectivity index (χ1) is 23.3. The number of hydrogen-bond donors (Lipinski definition) is 0. The number of benzene rings is 8. The second kappa shape index (κ2) is 9.32. The van der Waals surface area contributed by atoms with Gasteiger partial charge in [-0.25, -0.2) is 0 Å². The molecule has 0 aliphatic heterocycles. The third kappa shape index (κ3) is 3.39. The first-order valence-electron chi connectivity index (χ1n) is 15.9. The van der Waals surface area contributed by atoms with Crippen LogP contribution in [0.4, 0.5) is 0 Å². The van der Waals surface area contributed by atoms with Crippen LogP contribution in [-0.2, 0) is 0 Å². The van der Waals surface area contributed by atoms with Crippen molar-refractivity contribution in [2.75, 3.05) is 0 Å². The van der Waals surface area contributed by atoms with Crippen molar-refractivity contribution in [2.24, 2.45) is 0 Å². The van der Waals surface area contributed by atoms with E-state index in [9.17, 15) is 0 Å². The molecule has 3 aromatic heterocycles. The van der Waals surface area contributed by atoms with Gasteiger partial charge in [-0.3, -0.25) is 0 Å². The maximum Gasteiger partial charge on any atom is 0.143 e. The lowest BCUT2D eigenvalue weighted by Gasteiger charge is -2.18. The zero-order valence-corrected chi connectivity index (χ0v) is 25.9. The molecule has 0 spiro atoms. The second-order valence-corrected chi connectivity index (χ2v) is 13.4. The Bertz CT molecular complexity index is 3020. The van der Waals surface area contributed by atoms with Crippen molar-refractivity contribution in [3.05, 3.63) is 146 Å². The van der Waals surface area contributed by atoms with Crippen LogP contribution in [-0.4, -0.2) is 0 Å². The minimum Gasteiger partial charge on any atom is -0.456 e. The van der Waals surface area contributed by atoms with E-state index in [-0.39, 0.29) is 0 Å². The molecule has 11 aromatic rings. The highest BCUT2D eigenvalue weighted by molar-refractivity contribution is 7.26. The van der Waals surface area contributed by atoms with Crippen LogP contribution in [0.5, 0.6) is 0 Å². The van der Waals surface area contributed by atoms with Crippen LogP contribution >= 0.6 is 11.3 Å². The van der Waals surface area contributed by atoms with E-state index in [2.05, 4.69) is 140 Å². The molecule has 3 heteroatoms. The lowest BCUT2D eigenvalue weighted by molar-refractivity contribution is 0.669. The van der Waals surface area contributed by atoms with E-state index in [4.69, 9.17) is 8.83 Å². The third-order valence-corrected chi connectivity index (χ3v) is 11.0. The summed E-state index contributed by atoms with van der Waals surface area (Å²) >= 11 is 1.85. The Hall–Kier alpha value is -5.90. The fourth-order valence-corrected chi connectivity index (χ4v) is 9.11. The fourth-order valence-electron chi connectivity index (χ4n) is 7.99. The quantitative estimate of drug-likeness (QED) is 0.181. The Labute approximate surface area is 272 Å². The van der Waals surface area contributed by atoms with Crippen molar-refractivity contribution < 1.29 is 8.83 Å². The number of fused-ring (bicyclic) bond motifs is 12. The first kappa shape index (κ1) is 25.3.